The third kappa shape index (κ3) is 4.56. The van der Waals surface area contributed by atoms with Gasteiger partial charge in [0, 0.05) is 29.8 Å². The number of aliphatic carboxylic acids is 1. The maximum absolute atomic E-state index is 12.2. The third-order valence-corrected chi connectivity index (χ3v) is 4.29. The average molecular weight is 310 g/mol. The van der Waals surface area contributed by atoms with Crippen molar-refractivity contribution < 1.29 is 19.4 Å². The predicted octanol–water partition coefficient (Wildman–Crippen LogP) is 2.12. The molecule has 0 bridgehead atoms. The number of benzene rings is 1. The summed E-state index contributed by atoms with van der Waals surface area (Å²) in [5, 5.41) is 11.4. The zero-order valence-electron chi connectivity index (χ0n) is 11.7. The summed E-state index contributed by atoms with van der Waals surface area (Å²) in [6, 6.07) is 6.77. The van der Waals surface area contributed by atoms with Crippen LogP contribution in [-0.4, -0.2) is 52.7 Å². The van der Waals surface area contributed by atoms with Gasteiger partial charge in [0.05, 0.1) is 0 Å². The van der Waals surface area contributed by atoms with Crippen LogP contribution in [0.5, 0.6) is 5.75 Å². The number of hydrogen-bond acceptors (Lipinski definition) is 4. The van der Waals surface area contributed by atoms with Crippen molar-refractivity contribution in [2.45, 2.75) is 13.0 Å². The Morgan fingerprint density at radius 1 is 1.43 bits per heavy atom. The topological polar surface area (TPSA) is 78.9 Å². The van der Waals surface area contributed by atoms with Gasteiger partial charge >= 0.3 is 12.0 Å². The van der Waals surface area contributed by atoms with Crippen LogP contribution in [-0.2, 0) is 4.79 Å². The van der Waals surface area contributed by atoms with E-state index in [4.69, 9.17) is 9.84 Å². The van der Waals surface area contributed by atoms with Crippen molar-refractivity contribution in [3.8, 4) is 5.75 Å². The fraction of sp³-hybridized carbons (Fsp3) is 0.429. The second-order valence-electron chi connectivity index (χ2n) is 4.75. The van der Waals surface area contributed by atoms with Crippen LogP contribution in [0, 0.1) is 0 Å². The Kier molecular flexibility index (Phi) is 5.32. The quantitative estimate of drug-likeness (QED) is 0.890. The zero-order chi connectivity index (χ0) is 15.2. The van der Waals surface area contributed by atoms with Crippen LogP contribution >= 0.6 is 11.8 Å². The van der Waals surface area contributed by atoms with Crippen LogP contribution in [0.4, 0.5) is 10.5 Å². The molecule has 1 aliphatic rings. The molecule has 1 atom stereocenters. The number of thioether (sulfide) groups is 1. The van der Waals surface area contributed by atoms with Crippen LogP contribution in [0.1, 0.15) is 6.92 Å². The Hall–Kier alpha value is -1.89. The Labute approximate surface area is 127 Å². The van der Waals surface area contributed by atoms with Crippen molar-refractivity contribution >= 4 is 29.4 Å². The highest BCUT2D eigenvalue weighted by atomic mass is 32.2. The summed E-state index contributed by atoms with van der Waals surface area (Å²) in [6.07, 6.45) is 0. The van der Waals surface area contributed by atoms with Crippen LogP contribution in [0.15, 0.2) is 24.3 Å². The average Bonchev–Trinajstić information content (AvgIpc) is 2.47. The number of carboxylic acid groups (broad SMARTS) is 1. The van der Waals surface area contributed by atoms with Crippen molar-refractivity contribution in [1.82, 2.24) is 4.90 Å². The van der Waals surface area contributed by atoms with Gasteiger partial charge in [0.15, 0.2) is 6.61 Å². The van der Waals surface area contributed by atoms with Crippen LogP contribution in [0.3, 0.4) is 0 Å². The number of carbonyl (C=O) groups excluding carboxylic acids is 1. The van der Waals surface area contributed by atoms with Crippen molar-refractivity contribution in [1.29, 1.82) is 0 Å². The van der Waals surface area contributed by atoms with E-state index in [0.29, 0.717) is 11.4 Å². The van der Waals surface area contributed by atoms with E-state index in [9.17, 15) is 9.59 Å². The number of hydrogen-bond donors (Lipinski definition) is 2. The smallest absolute Gasteiger partial charge is 0.341 e. The van der Waals surface area contributed by atoms with Gasteiger partial charge in [0.25, 0.3) is 0 Å². The number of carbonyl (C=O) groups is 2. The van der Waals surface area contributed by atoms with Crippen molar-refractivity contribution in [3.63, 3.8) is 0 Å². The maximum atomic E-state index is 12.2. The monoisotopic (exact) mass is 310 g/mol. The molecule has 0 spiro atoms. The first-order chi connectivity index (χ1) is 10.1. The van der Waals surface area contributed by atoms with E-state index in [0.717, 1.165) is 18.1 Å². The molecule has 1 aromatic rings. The largest absolute Gasteiger partial charge is 0.482 e. The summed E-state index contributed by atoms with van der Waals surface area (Å²) in [6.45, 7) is 2.40. The lowest BCUT2D eigenvalue weighted by Crippen LogP contribution is -2.46. The lowest BCUT2D eigenvalue weighted by atomic mass is 10.3. The summed E-state index contributed by atoms with van der Waals surface area (Å²) in [5.74, 6) is 1.34. The zero-order valence-corrected chi connectivity index (χ0v) is 12.6. The van der Waals surface area contributed by atoms with E-state index in [1.54, 1.807) is 24.3 Å². The minimum absolute atomic E-state index is 0.109. The number of amides is 2. The number of nitrogens with zero attached hydrogens (tertiary/aromatic N) is 1. The fourth-order valence-electron chi connectivity index (χ4n) is 2.00. The Morgan fingerprint density at radius 3 is 2.76 bits per heavy atom. The molecule has 21 heavy (non-hydrogen) atoms. The predicted molar refractivity (Wildman–Crippen MR) is 82.1 cm³/mol. The molecule has 2 N–H and O–H groups in total. The standard InChI is InChI=1S/C14H18N2O4S/c1-10-9-21-7-6-16(10)14(19)15-11-2-4-12(5-3-11)20-8-13(17)18/h2-5,10H,6-9H2,1H3,(H,15,19)(H,17,18). The molecule has 1 fully saturated rings. The van der Waals surface area contributed by atoms with Crippen molar-refractivity contribution in [3.05, 3.63) is 24.3 Å². The van der Waals surface area contributed by atoms with Gasteiger partial charge in [-0.1, -0.05) is 0 Å². The first-order valence-corrected chi connectivity index (χ1v) is 7.82. The Bertz CT molecular complexity index is 506. The molecule has 1 aliphatic heterocycles. The maximum Gasteiger partial charge on any atom is 0.341 e. The Morgan fingerprint density at radius 2 is 2.14 bits per heavy atom. The summed E-state index contributed by atoms with van der Waals surface area (Å²) in [5.41, 5.74) is 0.660. The van der Waals surface area contributed by atoms with E-state index in [1.165, 1.54) is 0 Å². The summed E-state index contributed by atoms with van der Waals surface area (Å²) in [7, 11) is 0. The summed E-state index contributed by atoms with van der Waals surface area (Å²) >= 11 is 1.85. The van der Waals surface area contributed by atoms with Gasteiger partial charge in [-0.3, -0.25) is 0 Å². The molecule has 1 aromatic carbocycles. The number of nitrogens with one attached hydrogen (secondary N) is 1. The fourth-order valence-corrected chi connectivity index (χ4v) is 3.02. The second kappa shape index (κ2) is 7.21. The summed E-state index contributed by atoms with van der Waals surface area (Å²) in [4.78, 5) is 24.4. The SMILES string of the molecule is CC1CSCCN1C(=O)Nc1ccc(OCC(=O)O)cc1. The highest BCUT2D eigenvalue weighted by Gasteiger charge is 2.23. The lowest BCUT2D eigenvalue weighted by Gasteiger charge is -2.33. The van der Waals surface area contributed by atoms with Gasteiger partial charge in [0.2, 0.25) is 0 Å². The number of carboxylic acids is 1. The molecule has 2 rings (SSSR count). The second-order valence-corrected chi connectivity index (χ2v) is 5.90. The van der Waals surface area contributed by atoms with Gasteiger partial charge in [0.1, 0.15) is 5.75 Å². The van der Waals surface area contributed by atoms with Crippen molar-refractivity contribution in [2.24, 2.45) is 0 Å². The van der Waals surface area contributed by atoms with Gasteiger partial charge in [-0.05, 0) is 31.2 Å². The first-order valence-electron chi connectivity index (χ1n) is 6.66. The van der Waals surface area contributed by atoms with E-state index < -0.39 is 5.97 Å². The molecule has 0 saturated carbocycles. The molecule has 114 valence electrons. The van der Waals surface area contributed by atoms with Crippen molar-refractivity contribution in [2.75, 3.05) is 30.0 Å². The molecular formula is C14H18N2O4S. The number of rotatable bonds is 4. The minimum Gasteiger partial charge on any atom is -0.482 e. The van der Waals surface area contributed by atoms with Gasteiger partial charge in [-0.25, -0.2) is 9.59 Å². The highest BCUT2D eigenvalue weighted by Crippen LogP contribution is 2.19. The van der Waals surface area contributed by atoms with Crippen LogP contribution in [0.2, 0.25) is 0 Å². The number of ether oxygens (including phenoxy) is 1. The van der Waals surface area contributed by atoms with Gasteiger partial charge in [-0.2, -0.15) is 11.8 Å². The van der Waals surface area contributed by atoms with Crippen LogP contribution in [0.25, 0.3) is 0 Å². The van der Waals surface area contributed by atoms with Crippen LogP contribution < -0.4 is 10.1 Å². The lowest BCUT2D eigenvalue weighted by molar-refractivity contribution is -0.139. The number of anilines is 1. The molecular weight excluding hydrogens is 292 g/mol. The minimum atomic E-state index is -1.02. The molecule has 1 heterocycles. The molecule has 2 amide bonds. The molecule has 7 heteroatoms. The first kappa shape index (κ1) is 15.5. The molecule has 0 aromatic heterocycles. The molecule has 1 unspecified atom stereocenters. The molecule has 1 saturated heterocycles. The third-order valence-electron chi connectivity index (χ3n) is 3.10. The molecule has 0 aliphatic carbocycles. The number of urea groups is 1. The van der Waals surface area contributed by atoms with E-state index in [2.05, 4.69) is 5.32 Å². The van der Waals surface area contributed by atoms with E-state index >= 15 is 0 Å². The van der Waals surface area contributed by atoms with E-state index in [-0.39, 0.29) is 18.7 Å². The highest BCUT2D eigenvalue weighted by molar-refractivity contribution is 7.99. The Balaban J connectivity index is 1.90. The van der Waals surface area contributed by atoms with E-state index in [1.807, 2.05) is 23.6 Å². The van der Waals surface area contributed by atoms with Gasteiger partial charge in [-0.15, -0.1) is 0 Å². The molecule has 0 radical (unpaired) electrons. The van der Waals surface area contributed by atoms with Gasteiger partial charge < -0.3 is 20.1 Å². The summed E-state index contributed by atoms with van der Waals surface area (Å²) < 4.78 is 5.04. The molecule has 6 nitrogen and oxygen atoms in total. The normalized spacial score (nSPS) is 18.1.